The number of esters is 1. The molecule has 0 radical (unpaired) electrons. The Morgan fingerprint density at radius 3 is 2.30 bits per heavy atom. The zero-order chi connectivity index (χ0) is 15.3. The van der Waals surface area contributed by atoms with Gasteiger partial charge in [0.2, 0.25) is 0 Å². The van der Waals surface area contributed by atoms with Crippen molar-refractivity contribution in [1.82, 2.24) is 0 Å². The summed E-state index contributed by atoms with van der Waals surface area (Å²) < 4.78 is 42.1. The maximum atomic E-state index is 12.7. The van der Waals surface area contributed by atoms with Crippen LogP contribution in [-0.4, -0.2) is 24.2 Å². The molecular weight excluding hydrogens is 281 g/mol. The van der Waals surface area contributed by atoms with Crippen LogP contribution in [0.5, 0.6) is 0 Å². The zero-order valence-electron chi connectivity index (χ0n) is 10.1. The molecule has 0 unspecified atom stereocenters. The molecule has 1 aromatic carbocycles. The molecule has 0 heterocycles. The molecule has 0 saturated carbocycles. The molecule has 0 atom stereocenters. The third-order valence-corrected chi connectivity index (χ3v) is 2.13. The molecule has 6 nitrogen and oxygen atoms in total. The number of carbonyl (C=O) groups is 1. The number of non-ortho nitro benzene ring substituents is 1. The van der Waals surface area contributed by atoms with Crippen LogP contribution >= 0.6 is 0 Å². The summed E-state index contributed by atoms with van der Waals surface area (Å²) in [5.41, 5.74) is -1.65. The number of anilines is 1. The third-order valence-electron chi connectivity index (χ3n) is 2.13. The summed E-state index contributed by atoms with van der Waals surface area (Å²) in [5.74, 6) is -1.17. The molecule has 0 aliphatic rings. The van der Waals surface area contributed by atoms with Crippen molar-refractivity contribution in [2.75, 3.05) is 12.4 Å². The average Bonchev–Trinajstić information content (AvgIpc) is 2.37. The summed E-state index contributed by atoms with van der Waals surface area (Å²) in [6, 6.07) is 4.26. The van der Waals surface area contributed by atoms with E-state index in [9.17, 15) is 28.1 Å². The monoisotopic (exact) mass is 290 g/mol. The van der Waals surface area contributed by atoms with Crippen LogP contribution in [0.25, 0.3) is 0 Å². The normalized spacial score (nSPS) is 11.9. The van der Waals surface area contributed by atoms with Gasteiger partial charge in [0.05, 0.1) is 18.1 Å². The number of methoxy groups -OCH3 is 1. The molecule has 1 N–H and O–H groups in total. The third kappa shape index (κ3) is 4.26. The molecule has 1 aromatic rings. The van der Waals surface area contributed by atoms with Gasteiger partial charge >= 0.3 is 12.1 Å². The highest BCUT2D eigenvalue weighted by Gasteiger charge is 2.35. The van der Waals surface area contributed by atoms with Gasteiger partial charge in [-0.25, -0.2) is 4.79 Å². The van der Waals surface area contributed by atoms with Crippen LogP contribution in [0.1, 0.15) is 0 Å². The standard InChI is InChI=1S/C11H9F3N2O4/c1-20-10(17)6-9(11(12,13)14)15-7-2-4-8(5-3-7)16(18)19/h2-6,15H,1H3/b9-6-. The van der Waals surface area contributed by atoms with Crippen molar-refractivity contribution in [3.63, 3.8) is 0 Å². The molecular formula is C11H9F3N2O4. The average molecular weight is 290 g/mol. The van der Waals surface area contributed by atoms with Gasteiger partial charge in [-0.1, -0.05) is 0 Å². The van der Waals surface area contributed by atoms with Gasteiger partial charge in [-0.05, 0) is 12.1 Å². The minimum Gasteiger partial charge on any atom is -0.466 e. The van der Waals surface area contributed by atoms with Gasteiger partial charge in [0, 0.05) is 17.8 Å². The van der Waals surface area contributed by atoms with E-state index in [0.717, 1.165) is 31.4 Å². The highest BCUT2D eigenvalue weighted by atomic mass is 19.4. The Hall–Kier alpha value is -2.58. The smallest absolute Gasteiger partial charge is 0.431 e. The molecule has 0 aromatic heterocycles. The Labute approximate surface area is 111 Å². The predicted molar refractivity (Wildman–Crippen MR) is 62.9 cm³/mol. The van der Waals surface area contributed by atoms with E-state index < -0.39 is 22.8 Å². The second-order valence-corrected chi connectivity index (χ2v) is 3.51. The van der Waals surface area contributed by atoms with Crippen LogP contribution in [0.15, 0.2) is 36.0 Å². The van der Waals surface area contributed by atoms with E-state index in [0.29, 0.717) is 0 Å². The molecule has 108 valence electrons. The number of nitro benzene ring substituents is 1. The minimum atomic E-state index is -4.80. The quantitative estimate of drug-likeness (QED) is 0.399. The van der Waals surface area contributed by atoms with Crippen LogP contribution in [-0.2, 0) is 9.53 Å². The highest BCUT2D eigenvalue weighted by Crippen LogP contribution is 2.27. The molecule has 0 bridgehead atoms. The van der Waals surface area contributed by atoms with Crippen molar-refractivity contribution < 1.29 is 27.6 Å². The first kappa shape index (κ1) is 15.5. The van der Waals surface area contributed by atoms with Gasteiger partial charge in [0.1, 0.15) is 5.70 Å². The van der Waals surface area contributed by atoms with Crippen LogP contribution < -0.4 is 5.32 Å². The fraction of sp³-hybridized carbons (Fsp3) is 0.182. The highest BCUT2D eigenvalue weighted by molar-refractivity contribution is 5.83. The summed E-state index contributed by atoms with van der Waals surface area (Å²) in [6.07, 6.45) is -4.54. The van der Waals surface area contributed by atoms with Crippen molar-refractivity contribution in [1.29, 1.82) is 0 Å². The Kier molecular flexibility index (Phi) is 4.68. The van der Waals surface area contributed by atoms with Gasteiger partial charge in [0.15, 0.2) is 0 Å². The molecule has 0 spiro atoms. The first-order valence-electron chi connectivity index (χ1n) is 5.12. The number of hydrogen-bond donors (Lipinski definition) is 1. The fourth-order valence-corrected chi connectivity index (χ4v) is 1.19. The molecule has 20 heavy (non-hydrogen) atoms. The molecule has 0 saturated heterocycles. The van der Waals surface area contributed by atoms with E-state index in [1.807, 2.05) is 5.32 Å². The number of halogens is 3. The number of hydrogen-bond acceptors (Lipinski definition) is 5. The maximum Gasteiger partial charge on any atom is 0.431 e. The number of ether oxygens (including phenoxy) is 1. The van der Waals surface area contributed by atoms with Crippen molar-refractivity contribution in [2.24, 2.45) is 0 Å². The minimum absolute atomic E-state index is 0.0527. The summed E-state index contributed by atoms with van der Waals surface area (Å²) in [6.45, 7) is 0. The summed E-state index contributed by atoms with van der Waals surface area (Å²) in [7, 11) is 0.943. The molecule has 9 heteroatoms. The van der Waals surface area contributed by atoms with Gasteiger partial charge in [-0.15, -0.1) is 0 Å². The van der Waals surface area contributed by atoms with E-state index >= 15 is 0 Å². The second-order valence-electron chi connectivity index (χ2n) is 3.51. The topological polar surface area (TPSA) is 81.5 Å². The van der Waals surface area contributed by atoms with Gasteiger partial charge in [-0.2, -0.15) is 13.2 Å². The van der Waals surface area contributed by atoms with Crippen molar-refractivity contribution in [3.8, 4) is 0 Å². The molecule has 0 aliphatic heterocycles. The second kappa shape index (κ2) is 6.04. The largest absolute Gasteiger partial charge is 0.466 e. The summed E-state index contributed by atoms with van der Waals surface area (Å²) in [4.78, 5) is 20.6. The Bertz CT molecular complexity index is 538. The number of allylic oxidation sites excluding steroid dienone is 1. The number of nitrogens with one attached hydrogen (secondary N) is 1. The number of rotatable bonds is 4. The maximum absolute atomic E-state index is 12.7. The number of alkyl halides is 3. The van der Waals surface area contributed by atoms with Gasteiger partial charge in [-0.3, -0.25) is 10.1 Å². The van der Waals surface area contributed by atoms with Crippen LogP contribution in [0.2, 0.25) is 0 Å². The SMILES string of the molecule is COC(=O)/C=C(\Nc1ccc([N+](=O)[O-])cc1)C(F)(F)F. The molecule has 1 rings (SSSR count). The van der Waals surface area contributed by atoms with Crippen molar-refractivity contribution in [2.45, 2.75) is 6.18 Å². The zero-order valence-corrected chi connectivity index (χ0v) is 10.1. The van der Waals surface area contributed by atoms with E-state index in [1.54, 1.807) is 0 Å². The lowest BCUT2D eigenvalue weighted by Gasteiger charge is -2.13. The van der Waals surface area contributed by atoms with Crippen LogP contribution in [0, 0.1) is 10.1 Å². The van der Waals surface area contributed by atoms with Crippen molar-refractivity contribution >= 4 is 17.3 Å². The van der Waals surface area contributed by atoms with Gasteiger partial charge in [0.25, 0.3) is 5.69 Å². The molecule has 0 amide bonds. The Morgan fingerprint density at radius 1 is 1.35 bits per heavy atom. The van der Waals surface area contributed by atoms with Gasteiger partial charge < -0.3 is 10.1 Å². The number of nitro groups is 1. The van der Waals surface area contributed by atoms with Crippen LogP contribution in [0.4, 0.5) is 24.5 Å². The number of carbonyl (C=O) groups excluding carboxylic acids is 1. The summed E-state index contributed by atoms with van der Waals surface area (Å²) in [5, 5.41) is 12.4. The van der Waals surface area contributed by atoms with E-state index in [-0.39, 0.29) is 17.5 Å². The molecule has 0 fully saturated rings. The van der Waals surface area contributed by atoms with E-state index in [2.05, 4.69) is 4.74 Å². The Morgan fingerprint density at radius 2 is 1.90 bits per heavy atom. The number of benzene rings is 1. The first-order chi connectivity index (χ1) is 9.24. The lowest BCUT2D eigenvalue weighted by atomic mass is 10.2. The first-order valence-corrected chi connectivity index (χ1v) is 5.12. The predicted octanol–water partition coefficient (Wildman–Crippen LogP) is 2.63. The number of nitrogens with zero attached hydrogens (tertiary/aromatic N) is 1. The summed E-state index contributed by atoms with van der Waals surface area (Å²) >= 11 is 0. The lowest BCUT2D eigenvalue weighted by Crippen LogP contribution is -2.20. The molecule has 0 aliphatic carbocycles. The fourth-order valence-electron chi connectivity index (χ4n) is 1.19. The van der Waals surface area contributed by atoms with E-state index in [1.165, 1.54) is 0 Å². The van der Waals surface area contributed by atoms with E-state index in [4.69, 9.17) is 0 Å². The van der Waals surface area contributed by atoms with Crippen molar-refractivity contribution in [3.05, 3.63) is 46.2 Å². The lowest BCUT2D eigenvalue weighted by molar-refractivity contribution is -0.384. The van der Waals surface area contributed by atoms with Crippen LogP contribution in [0.3, 0.4) is 0 Å². The Balaban J connectivity index is 2.99.